The van der Waals surface area contributed by atoms with E-state index in [1.807, 2.05) is 4.90 Å². The molecule has 2 aromatic carbocycles. The highest BCUT2D eigenvalue weighted by molar-refractivity contribution is 14.0. The summed E-state index contributed by atoms with van der Waals surface area (Å²) in [6.07, 6.45) is 1.67. The van der Waals surface area contributed by atoms with Crippen molar-refractivity contribution in [3.63, 3.8) is 0 Å². The molecule has 1 amide bonds. The number of amides is 1. The van der Waals surface area contributed by atoms with Crippen molar-refractivity contribution in [2.24, 2.45) is 4.99 Å². The minimum absolute atomic E-state index is 0. The molecule has 0 spiro atoms. The number of rotatable bonds is 7. The van der Waals surface area contributed by atoms with Gasteiger partial charge in [0.05, 0.1) is 6.54 Å². The predicted octanol–water partition coefficient (Wildman–Crippen LogP) is 3.99. The Morgan fingerprint density at radius 1 is 1.00 bits per heavy atom. The van der Waals surface area contributed by atoms with Crippen LogP contribution in [0.15, 0.2) is 53.5 Å². The highest BCUT2D eigenvalue weighted by Gasteiger charge is 2.19. The Hall–Kier alpha value is -2.09. The van der Waals surface area contributed by atoms with Gasteiger partial charge < -0.3 is 15.5 Å². The number of nitrogens with zero attached hydrogens (tertiary/aromatic N) is 2. The molecular weight excluding hydrogens is 475 g/mol. The number of nitrogens with one attached hydrogen (secondary N) is 2. The quantitative estimate of drug-likeness (QED) is 0.339. The number of halogens is 1. The lowest BCUT2D eigenvalue weighted by Gasteiger charge is -2.15. The normalized spacial score (nSPS) is 13.9. The number of likely N-dealkylation sites (tertiary alicyclic amines) is 1. The summed E-state index contributed by atoms with van der Waals surface area (Å²) < 4.78 is 0. The number of hydrogen-bond acceptors (Lipinski definition) is 2. The van der Waals surface area contributed by atoms with Crippen molar-refractivity contribution in [3.05, 3.63) is 70.8 Å². The first-order valence-corrected chi connectivity index (χ1v) is 10.1. The molecule has 0 unspecified atom stereocenters. The van der Waals surface area contributed by atoms with Crippen molar-refractivity contribution in [1.29, 1.82) is 0 Å². The van der Waals surface area contributed by atoms with Crippen molar-refractivity contribution in [3.8, 4) is 0 Å². The van der Waals surface area contributed by atoms with Crippen LogP contribution < -0.4 is 10.6 Å². The van der Waals surface area contributed by atoms with E-state index < -0.39 is 0 Å². The zero-order valence-electron chi connectivity index (χ0n) is 17.3. The summed E-state index contributed by atoms with van der Waals surface area (Å²) in [5.74, 6) is 1.08. The van der Waals surface area contributed by atoms with Crippen LogP contribution in [0.5, 0.6) is 0 Å². The summed E-state index contributed by atoms with van der Waals surface area (Å²) in [4.78, 5) is 18.4. The standard InChI is InChI=1S/C23H30N4O.HI/c1-3-24-23(25-15-19-8-6-18(2)7-9-19)26-16-20-10-12-21(13-11-20)17-27-14-4-5-22(27)28;/h6-13H,3-5,14-17H2,1-2H3,(H2,24,25,26);1H. The number of aliphatic imine (C=N–C) groups is 1. The topological polar surface area (TPSA) is 56.7 Å². The molecule has 0 saturated carbocycles. The highest BCUT2D eigenvalue weighted by atomic mass is 127. The fraction of sp³-hybridized carbons (Fsp3) is 0.391. The second kappa shape index (κ2) is 11.8. The van der Waals surface area contributed by atoms with Gasteiger partial charge in [0.15, 0.2) is 5.96 Å². The summed E-state index contributed by atoms with van der Waals surface area (Å²) in [6.45, 7) is 7.94. The van der Waals surface area contributed by atoms with E-state index >= 15 is 0 Å². The van der Waals surface area contributed by atoms with Crippen LogP contribution in [0.2, 0.25) is 0 Å². The number of carbonyl (C=O) groups is 1. The molecule has 0 aliphatic carbocycles. The minimum atomic E-state index is 0. The van der Waals surface area contributed by atoms with Gasteiger partial charge in [0.2, 0.25) is 5.91 Å². The molecule has 1 fully saturated rings. The van der Waals surface area contributed by atoms with E-state index in [0.717, 1.165) is 37.6 Å². The molecule has 29 heavy (non-hydrogen) atoms. The van der Waals surface area contributed by atoms with Crippen LogP contribution in [0.3, 0.4) is 0 Å². The molecule has 5 nitrogen and oxygen atoms in total. The van der Waals surface area contributed by atoms with E-state index in [1.165, 1.54) is 16.7 Å². The average molecular weight is 506 g/mol. The fourth-order valence-electron chi connectivity index (χ4n) is 3.25. The molecular formula is C23H31IN4O. The van der Waals surface area contributed by atoms with Crippen LogP contribution in [0.1, 0.15) is 42.0 Å². The van der Waals surface area contributed by atoms with E-state index in [4.69, 9.17) is 4.99 Å². The predicted molar refractivity (Wildman–Crippen MR) is 129 cm³/mol. The Morgan fingerprint density at radius 3 is 2.28 bits per heavy atom. The smallest absolute Gasteiger partial charge is 0.222 e. The maximum Gasteiger partial charge on any atom is 0.222 e. The molecule has 2 N–H and O–H groups in total. The Bertz CT molecular complexity index is 803. The van der Waals surface area contributed by atoms with E-state index in [-0.39, 0.29) is 29.9 Å². The second-order valence-electron chi connectivity index (χ2n) is 7.27. The number of hydrogen-bond donors (Lipinski definition) is 2. The molecule has 1 aliphatic rings. The van der Waals surface area contributed by atoms with Gasteiger partial charge in [-0.2, -0.15) is 0 Å². The summed E-state index contributed by atoms with van der Waals surface area (Å²) in [6, 6.07) is 16.9. The Balaban J connectivity index is 0.00000300. The molecule has 6 heteroatoms. The van der Waals surface area contributed by atoms with Crippen molar-refractivity contribution < 1.29 is 4.79 Å². The molecule has 0 atom stereocenters. The average Bonchev–Trinajstić information content (AvgIpc) is 3.11. The van der Waals surface area contributed by atoms with Crippen LogP contribution in [-0.4, -0.2) is 29.9 Å². The second-order valence-corrected chi connectivity index (χ2v) is 7.27. The number of benzene rings is 2. The molecule has 0 radical (unpaired) electrons. The molecule has 156 valence electrons. The lowest BCUT2D eigenvalue weighted by atomic mass is 10.1. The Morgan fingerprint density at radius 2 is 1.66 bits per heavy atom. The van der Waals surface area contributed by atoms with Crippen molar-refractivity contribution in [2.75, 3.05) is 13.1 Å². The third-order valence-corrected chi connectivity index (χ3v) is 4.91. The number of guanidine groups is 1. The van der Waals surface area contributed by atoms with E-state index in [1.54, 1.807) is 0 Å². The first-order valence-electron chi connectivity index (χ1n) is 10.1. The number of aryl methyl sites for hydroxylation is 1. The Kier molecular flexibility index (Phi) is 9.44. The number of carbonyl (C=O) groups excluding carboxylic acids is 1. The van der Waals surface area contributed by atoms with E-state index in [9.17, 15) is 4.79 Å². The lowest BCUT2D eigenvalue weighted by molar-refractivity contribution is -0.128. The molecule has 0 aromatic heterocycles. The maximum atomic E-state index is 11.8. The fourth-order valence-corrected chi connectivity index (χ4v) is 3.25. The highest BCUT2D eigenvalue weighted by Crippen LogP contribution is 2.15. The molecule has 1 aliphatic heterocycles. The van der Waals surface area contributed by atoms with Gasteiger partial charge in [0.1, 0.15) is 0 Å². The zero-order chi connectivity index (χ0) is 19.8. The van der Waals surface area contributed by atoms with E-state index in [2.05, 4.69) is 73.0 Å². The first-order chi connectivity index (χ1) is 13.6. The molecule has 1 saturated heterocycles. The summed E-state index contributed by atoms with van der Waals surface area (Å²) in [5, 5.41) is 6.68. The SMILES string of the molecule is CCNC(=NCc1ccc(CN2CCCC2=O)cc1)NCc1ccc(C)cc1.I. The Labute approximate surface area is 191 Å². The van der Waals surface area contributed by atoms with Gasteiger partial charge in [-0.05, 0) is 37.0 Å². The molecule has 1 heterocycles. The van der Waals surface area contributed by atoms with Crippen LogP contribution in [-0.2, 0) is 24.4 Å². The van der Waals surface area contributed by atoms with Gasteiger partial charge in [0, 0.05) is 32.6 Å². The van der Waals surface area contributed by atoms with Gasteiger partial charge in [-0.1, -0.05) is 54.1 Å². The molecule has 0 bridgehead atoms. The zero-order valence-corrected chi connectivity index (χ0v) is 19.6. The third kappa shape index (κ3) is 7.34. The summed E-state index contributed by atoms with van der Waals surface area (Å²) >= 11 is 0. The van der Waals surface area contributed by atoms with Crippen LogP contribution in [0.4, 0.5) is 0 Å². The monoisotopic (exact) mass is 506 g/mol. The largest absolute Gasteiger partial charge is 0.357 e. The first kappa shape index (κ1) is 23.2. The van der Waals surface area contributed by atoms with Crippen LogP contribution in [0.25, 0.3) is 0 Å². The van der Waals surface area contributed by atoms with Gasteiger partial charge in [-0.25, -0.2) is 4.99 Å². The van der Waals surface area contributed by atoms with Crippen molar-refractivity contribution in [1.82, 2.24) is 15.5 Å². The van der Waals surface area contributed by atoms with Gasteiger partial charge in [0.25, 0.3) is 0 Å². The van der Waals surface area contributed by atoms with Crippen LogP contribution in [0, 0.1) is 6.92 Å². The third-order valence-electron chi connectivity index (χ3n) is 4.91. The van der Waals surface area contributed by atoms with Crippen LogP contribution >= 0.6 is 24.0 Å². The van der Waals surface area contributed by atoms with Gasteiger partial charge in [-0.15, -0.1) is 24.0 Å². The van der Waals surface area contributed by atoms with Crippen molar-refractivity contribution in [2.45, 2.75) is 46.3 Å². The van der Waals surface area contributed by atoms with Gasteiger partial charge in [-0.3, -0.25) is 4.79 Å². The minimum Gasteiger partial charge on any atom is -0.357 e. The summed E-state index contributed by atoms with van der Waals surface area (Å²) in [7, 11) is 0. The molecule has 3 rings (SSSR count). The van der Waals surface area contributed by atoms with E-state index in [0.29, 0.717) is 19.5 Å². The van der Waals surface area contributed by atoms with Crippen molar-refractivity contribution >= 4 is 35.8 Å². The molecule has 2 aromatic rings. The lowest BCUT2D eigenvalue weighted by Crippen LogP contribution is -2.36. The summed E-state index contributed by atoms with van der Waals surface area (Å²) in [5.41, 5.74) is 4.83. The maximum absolute atomic E-state index is 11.8. The van der Waals surface area contributed by atoms with Gasteiger partial charge >= 0.3 is 0 Å².